The van der Waals surface area contributed by atoms with E-state index >= 15 is 0 Å². The summed E-state index contributed by atoms with van der Waals surface area (Å²) in [6, 6.07) is 47.9. The van der Waals surface area contributed by atoms with Gasteiger partial charge in [-0.2, -0.15) is 0 Å². The van der Waals surface area contributed by atoms with Gasteiger partial charge in [0.25, 0.3) is 0 Å². The highest BCUT2D eigenvalue weighted by molar-refractivity contribution is 5.50. The molecule has 0 amide bonds. The molecule has 0 saturated carbocycles. The summed E-state index contributed by atoms with van der Waals surface area (Å²) in [5.74, 6) is 0.379. The smallest absolute Gasteiger partial charge is 0.132 e. The molecule has 0 spiro atoms. The van der Waals surface area contributed by atoms with Gasteiger partial charge in [-0.05, 0) is 101 Å². The van der Waals surface area contributed by atoms with Gasteiger partial charge in [0.1, 0.15) is 22.9 Å². The lowest BCUT2D eigenvalue weighted by atomic mass is 9.81. The Bertz CT molecular complexity index is 1750. The van der Waals surface area contributed by atoms with Crippen molar-refractivity contribution in [3.63, 3.8) is 0 Å². The maximum Gasteiger partial charge on any atom is 0.132 e. The second kappa shape index (κ2) is 20.2. The molecule has 0 heterocycles. The first kappa shape index (κ1) is 40.7. The first-order valence-corrected chi connectivity index (χ1v) is 19.9. The fraction of sp³-hybridized carbons (Fsp3) is 0.280. The molecule has 1 atom stereocenters. The molecule has 5 nitrogen and oxygen atoms in total. The van der Waals surface area contributed by atoms with Crippen LogP contribution in [-0.2, 0) is 0 Å². The Morgan fingerprint density at radius 3 is 0.964 bits per heavy atom. The normalized spacial score (nSPS) is 11.9. The Kier molecular flexibility index (Phi) is 15.0. The zero-order chi connectivity index (χ0) is 39.0. The molecule has 5 heteroatoms. The minimum Gasteiger partial charge on any atom is -0.872 e. The summed E-state index contributed by atoms with van der Waals surface area (Å²) in [4.78, 5) is 0. The van der Waals surface area contributed by atoms with Crippen LogP contribution in [0, 0.1) is 0 Å². The van der Waals surface area contributed by atoms with E-state index in [1.165, 1.54) is 68.3 Å². The van der Waals surface area contributed by atoms with Crippen molar-refractivity contribution in [1.29, 1.82) is 0 Å². The van der Waals surface area contributed by atoms with Crippen LogP contribution in [0.25, 0.3) is 0 Å². The number of unbranched alkanes of at least 4 members (excludes halogenated alkanes) is 3. The molecule has 1 unspecified atom stereocenters. The SMILES string of the molecule is CCCC[N+](CCCC)(CCCC)c1ccccc1.[O-]c1ccc(C(c2ccc(O)cc2)c2ccc(C(c3ccc(O)cc3)c3ccc(O)cc3)cc2)cc1. The van der Waals surface area contributed by atoms with Crippen molar-refractivity contribution in [2.24, 2.45) is 0 Å². The highest BCUT2D eigenvalue weighted by Gasteiger charge is 2.28. The van der Waals surface area contributed by atoms with Crippen LogP contribution < -0.4 is 9.59 Å². The zero-order valence-electron chi connectivity index (χ0n) is 32.6. The average molecular weight is 736 g/mol. The molecular formula is C50H57NO4. The van der Waals surface area contributed by atoms with Crippen molar-refractivity contribution in [1.82, 2.24) is 4.48 Å². The quantitative estimate of drug-likeness (QED) is 0.0682. The minimum atomic E-state index is -0.110. The number of phenolic OH excluding ortho intramolecular Hbond substituents is 3. The summed E-state index contributed by atoms with van der Waals surface area (Å²) < 4.78 is 1.20. The number of para-hydroxylation sites is 1. The summed E-state index contributed by atoms with van der Waals surface area (Å²) >= 11 is 0. The third-order valence-electron chi connectivity index (χ3n) is 10.6. The molecular weight excluding hydrogens is 679 g/mol. The minimum absolute atomic E-state index is 0.0378. The van der Waals surface area contributed by atoms with E-state index in [0.717, 1.165) is 33.4 Å². The molecule has 0 aromatic heterocycles. The molecule has 0 aliphatic heterocycles. The van der Waals surface area contributed by atoms with Gasteiger partial charge in [0, 0.05) is 11.8 Å². The van der Waals surface area contributed by atoms with Crippen LogP contribution >= 0.6 is 0 Å². The number of benzene rings is 6. The van der Waals surface area contributed by atoms with Crippen LogP contribution in [0.3, 0.4) is 0 Å². The molecule has 0 aliphatic carbocycles. The lowest BCUT2D eigenvalue weighted by molar-refractivity contribution is -0.268. The molecule has 3 N–H and O–H groups in total. The summed E-state index contributed by atoms with van der Waals surface area (Å²) in [5, 5.41) is 41.1. The van der Waals surface area contributed by atoms with Gasteiger partial charge in [-0.15, -0.1) is 5.75 Å². The van der Waals surface area contributed by atoms with Crippen LogP contribution in [0.15, 0.2) is 152 Å². The average Bonchev–Trinajstić information content (AvgIpc) is 3.22. The molecule has 286 valence electrons. The fourth-order valence-electron chi connectivity index (χ4n) is 7.55. The van der Waals surface area contributed by atoms with Crippen molar-refractivity contribution in [3.8, 4) is 23.0 Å². The van der Waals surface area contributed by atoms with E-state index in [-0.39, 0.29) is 34.8 Å². The Balaban J connectivity index is 0.000000259. The Morgan fingerprint density at radius 1 is 0.400 bits per heavy atom. The maximum absolute atomic E-state index is 11.7. The fourth-order valence-corrected chi connectivity index (χ4v) is 7.55. The van der Waals surface area contributed by atoms with E-state index in [9.17, 15) is 20.4 Å². The molecule has 0 radical (unpaired) electrons. The molecule has 0 bridgehead atoms. The first-order chi connectivity index (χ1) is 26.8. The second-order valence-corrected chi connectivity index (χ2v) is 14.6. The number of nitrogens with zero attached hydrogens (tertiary/aromatic N) is 1. The van der Waals surface area contributed by atoms with Crippen molar-refractivity contribution >= 4 is 5.69 Å². The van der Waals surface area contributed by atoms with Gasteiger partial charge in [0.15, 0.2) is 0 Å². The van der Waals surface area contributed by atoms with Gasteiger partial charge in [-0.3, -0.25) is 4.48 Å². The number of hydrogen-bond acceptors (Lipinski definition) is 4. The van der Waals surface area contributed by atoms with Gasteiger partial charge in [-0.25, -0.2) is 0 Å². The Hall–Kier alpha value is -5.52. The molecule has 0 aliphatic rings. The van der Waals surface area contributed by atoms with Crippen molar-refractivity contribution in [2.75, 3.05) is 19.6 Å². The second-order valence-electron chi connectivity index (χ2n) is 14.6. The highest BCUT2D eigenvalue weighted by Crippen LogP contribution is 2.37. The van der Waals surface area contributed by atoms with Gasteiger partial charge < -0.3 is 20.4 Å². The summed E-state index contributed by atoms with van der Waals surface area (Å²) in [6.45, 7) is 10.8. The summed E-state index contributed by atoms with van der Waals surface area (Å²) in [6.07, 6.45) is 7.90. The van der Waals surface area contributed by atoms with Gasteiger partial charge in [-0.1, -0.05) is 143 Å². The van der Waals surface area contributed by atoms with E-state index < -0.39 is 0 Å². The van der Waals surface area contributed by atoms with E-state index in [1.807, 2.05) is 48.5 Å². The molecule has 6 aromatic rings. The largest absolute Gasteiger partial charge is 0.872 e. The van der Waals surface area contributed by atoms with Gasteiger partial charge >= 0.3 is 0 Å². The highest BCUT2D eigenvalue weighted by atomic mass is 16.3. The van der Waals surface area contributed by atoms with E-state index in [2.05, 4.69) is 75.4 Å². The molecule has 6 aromatic carbocycles. The lowest BCUT2D eigenvalue weighted by Gasteiger charge is -2.38. The topological polar surface area (TPSA) is 83.8 Å². The van der Waals surface area contributed by atoms with Crippen LogP contribution in [0.1, 0.15) is 105 Å². The summed E-state index contributed by atoms with van der Waals surface area (Å²) in [5.41, 5.74) is 7.68. The third-order valence-corrected chi connectivity index (χ3v) is 10.6. The number of aromatic hydroxyl groups is 3. The molecule has 0 fully saturated rings. The predicted octanol–water partition coefficient (Wildman–Crippen LogP) is 11.6. The number of hydrogen-bond donors (Lipinski definition) is 3. The van der Waals surface area contributed by atoms with Crippen LogP contribution in [0.4, 0.5) is 5.69 Å². The third kappa shape index (κ3) is 11.0. The number of quaternary nitrogens is 1. The lowest BCUT2D eigenvalue weighted by Crippen LogP contribution is -2.51. The van der Waals surface area contributed by atoms with Crippen molar-refractivity contribution in [3.05, 3.63) is 185 Å². The maximum atomic E-state index is 11.7. The van der Waals surface area contributed by atoms with E-state index in [1.54, 1.807) is 48.5 Å². The van der Waals surface area contributed by atoms with Crippen molar-refractivity contribution < 1.29 is 20.4 Å². The number of phenols is 3. The predicted molar refractivity (Wildman–Crippen MR) is 226 cm³/mol. The zero-order valence-corrected chi connectivity index (χ0v) is 32.6. The van der Waals surface area contributed by atoms with E-state index in [4.69, 9.17) is 0 Å². The Morgan fingerprint density at radius 2 is 0.673 bits per heavy atom. The standard InChI is InChI=1S/C32H26O4.C18H32N/c33-27-13-5-23(6-14-27)31(24-7-15-28(34)16-8-24)21-1-2-22(4-3-21)32(25-9-17-29(35)18-10-25)26-11-19-30(36)20-12-26;1-4-7-15-19(16-8-5-2,17-9-6-3)18-13-11-10-12-14-18/h1-20,31-36H;10-14H,4-9,15-17H2,1-3H3/q;+1/p-1. The molecule has 55 heavy (non-hydrogen) atoms. The Labute approximate surface area is 328 Å². The number of rotatable bonds is 16. The van der Waals surface area contributed by atoms with Crippen LogP contribution in [-0.4, -0.2) is 35.0 Å². The van der Waals surface area contributed by atoms with Crippen LogP contribution in [0.2, 0.25) is 0 Å². The molecule has 6 rings (SSSR count). The van der Waals surface area contributed by atoms with Gasteiger partial charge in [0.05, 0.1) is 19.6 Å². The van der Waals surface area contributed by atoms with Gasteiger partial charge in [0.2, 0.25) is 0 Å². The monoisotopic (exact) mass is 735 g/mol. The van der Waals surface area contributed by atoms with Crippen molar-refractivity contribution in [2.45, 2.75) is 71.1 Å². The van der Waals surface area contributed by atoms with E-state index in [0.29, 0.717) is 0 Å². The molecule has 0 saturated heterocycles. The summed E-state index contributed by atoms with van der Waals surface area (Å²) in [7, 11) is 0. The first-order valence-electron chi connectivity index (χ1n) is 19.9. The van der Waals surface area contributed by atoms with Crippen LogP contribution in [0.5, 0.6) is 23.0 Å².